The van der Waals surface area contributed by atoms with Crippen LogP contribution in [0.1, 0.15) is 189 Å². The van der Waals surface area contributed by atoms with E-state index in [1.54, 1.807) is 28.4 Å². The van der Waals surface area contributed by atoms with Gasteiger partial charge in [0, 0.05) is 28.4 Å². The second kappa shape index (κ2) is 41.9. The molecule has 0 aromatic carbocycles. The van der Waals surface area contributed by atoms with E-state index in [1.807, 2.05) is 6.92 Å². The normalized spacial score (nSPS) is 11.7. The second-order valence-electron chi connectivity index (χ2n) is 13.4. The third-order valence-electron chi connectivity index (χ3n) is 9.30. The molecule has 49 heavy (non-hydrogen) atoms. The molecule has 0 aliphatic heterocycles. The van der Waals surface area contributed by atoms with Crippen LogP contribution in [0.4, 0.5) is 0 Å². The third-order valence-corrected chi connectivity index (χ3v) is 14.0. The Bertz CT molecular complexity index is 619. The zero-order valence-electron chi connectivity index (χ0n) is 34.2. The molecule has 0 rings (SSSR count). The summed E-state index contributed by atoms with van der Waals surface area (Å²) in [5, 5.41) is 0. The Balaban J connectivity index is -0.000000852. The van der Waals surface area contributed by atoms with Gasteiger partial charge in [-0.2, -0.15) is 0 Å². The molecule has 0 atom stereocenters. The van der Waals surface area contributed by atoms with E-state index < -0.39 is 37.9 Å². The summed E-state index contributed by atoms with van der Waals surface area (Å²) in [6.45, 7) is 11.1. The van der Waals surface area contributed by atoms with E-state index in [-0.39, 0.29) is 0 Å². The monoisotopic (exact) mass is 777 g/mol. The van der Waals surface area contributed by atoms with E-state index in [2.05, 4.69) is 27.7 Å². The summed E-state index contributed by atoms with van der Waals surface area (Å²) in [4.78, 5) is 0. The maximum absolute atomic E-state index is 8.81. The fourth-order valence-corrected chi connectivity index (χ4v) is 10.6. The average Bonchev–Trinajstić information content (AvgIpc) is 3.10. The average molecular weight is 777 g/mol. The Morgan fingerprint density at radius 2 is 0.755 bits per heavy atom. The molecule has 298 valence electrons. The second-order valence-corrected chi connectivity index (χ2v) is 18.4. The van der Waals surface area contributed by atoms with Crippen LogP contribution < -0.4 is 0 Å². The molecule has 0 bridgehead atoms. The number of ether oxygens (including phenoxy) is 4. The topological polar surface area (TPSA) is 94.5 Å². The van der Waals surface area contributed by atoms with Crippen molar-refractivity contribution in [3.05, 3.63) is 0 Å². The number of methoxy groups -OCH3 is 4. The Kier molecular flexibility index (Phi) is 46.6. The molecule has 0 saturated carbocycles. The van der Waals surface area contributed by atoms with E-state index in [0.29, 0.717) is 0 Å². The zero-order chi connectivity index (χ0) is 37.5. The quantitative estimate of drug-likeness (QED) is 0.0291. The fourth-order valence-electron chi connectivity index (χ4n) is 6.10. The summed E-state index contributed by atoms with van der Waals surface area (Å²) in [5.74, 6) is -0.910. The first kappa shape index (κ1) is 54.5. The summed E-state index contributed by atoms with van der Waals surface area (Å²) in [7, 11) is 7.53. The molecule has 0 heterocycles. The van der Waals surface area contributed by atoms with Gasteiger partial charge < -0.3 is 18.9 Å². The molecule has 7 nitrogen and oxygen atoms in total. The summed E-state index contributed by atoms with van der Waals surface area (Å²) >= 11 is -3.58. The molecule has 0 fully saturated rings. The zero-order valence-corrected chi connectivity index (χ0v) is 37.6. The molecule has 0 saturated heterocycles. The van der Waals surface area contributed by atoms with Gasteiger partial charge in [0.2, 0.25) is 11.3 Å². The van der Waals surface area contributed by atoms with Crippen molar-refractivity contribution in [1.82, 2.24) is 0 Å². The van der Waals surface area contributed by atoms with Crippen LogP contribution in [-0.4, -0.2) is 71.8 Å². The van der Waals surface area contributed by atoms with Crippen LogP contribution in [0, 0.1) is 0 Å². The van der Waals surface area contributed by atoms with Gasteiger partial charge in [0.05, 0.1) is 0 Å². The van der Waals surface area contributed by atoms with Crippen LogP contribution in [-0.2, 0) is 40.9 Å². The van der Waals surface area contributed by atoms with Crippen molar-refractivity contribution in [1.29, 1.82) is 0 Å². The van der Waals surface area contributed by atoms with E-state index in [0.717, 1.165) is 12.3 Å². The van der Waals surface area contributed by atoms with Gasteiger partial charge in [0.1, 0.15) is 0 Å². The Hall–Kier alpha value is 1.13. The molecule has 0 unspecified atom stereocenters. The van der Waals surface area contributed by atoms with Crippen molar-refractivity contribution < 1.29 is 48.3 Å². The van der Waals surface area contributed by atoms with E-state index >= 15 is 0 Å². The van der Waals surface area contributed by atoms with Crippen LogP contribution in [0.3, 0.4) is 0 Å². The van der Waals surface area contributed by atoms with Crippen molar-refractivity contribution in [3.8, 4) is 0 Å². The molecule has 0 aromatic rings. The molecular formula is C39H86O7P2Ti. The van der Waals surface area contributed by atoms with Crippen LogP contribution in [0.15, 0.2) is 0 Å². The van der Waals surface area contributed by atoms with Crippen LogP contribution in [0.5, 0.6) is 0 Å². The van der Waals surface area contributed by atoms with Gasteiger partial charge in [0.15, 0.2) is 0 Å². The fraction of sp³-hybridized carbons (Fsp3) is 1.00. The van der Waals surface area contributed by atoms with Crippen molar-refractivity contribution in [3.63, 3.8) is 0 Å². The summed E-state index contributed by atoms with van der Waals surface area (Å²) in [6.07, 6.45) is 38.5. The first-order valence-electron chi connectivity index (χ1n) is 20.2. The minimum absolute atomic E-state index is 0.552. The first-order chi connectivity index (χ1) is 23.7. The summed E-state index contributed by atoms with van der Waals surface area (Å²) < 4.78 is 46.9. The van der Waals surface area contributed by atoms with Gasteiger partial charge >= 0.3 is 29.3 Å². The molecule has 0 aliphatic rings. The SMILES string of the molecule is CCCCCCCCP(CCCCCCCC)C(OC)(OC)C(C)(OC)OC.CCCCCCCCPCCCCCCCC.[O]=[Ti]([OH])[OH]. The van der Waals surface area contributed by atoms with Crippen molar-refractivity contribution in [2.24, 2.45) is 0 Å². The third kappa shape index (κ3) is 32.3. The maximum atomic E-state index is 8.81. The van der Waals surface area contributed by atoms with E-state index in [9.17, 15) is 0 Å². The molecule has 0 radical (unpaired) electrons. The van der Waals surface area contributed by atoms with Crippen molar-refractivity contribution >= 4 is 16.5 Å². The van der Waals surface area contributed by atoms with Crippen molar-refractivity contribution in [2.45, 2.75) is 200 Å². The van der Waals surface area contributed by atoms with E-state index in [4.69, 9.17) is 29.6 Å². The predicted octanol–water partition coefficient (Wildman–Crippen LogP) is 12.3. The number of unbranched alkanes of at least 4 members (excludes halogenated alkanes) is 20. The molecule has 2 N–H and O–H groups in total. The minimum atomic E-state index is -3.58. The van der Waals surface area contributed by atoms with Gasteiger partial charge in [-0.3, -0.25) is 0 Å². The Morgan fingerprint density at radius 3 is 1.02 bits per heavy atom. The Labute approximate surface area is 316 Å². The van der Waals surface area contributed by atoms with Gasteiger partial charge in [-0.1, -0.05) is 156 Å². The molecule has 0 spiro atoms. The summed E-state index contributed by atoms with van der Waals surface area (Å²) in [5.41, 5.74) is -0.835. The first-order valence-corrected chi connectivity index (χ1v) is 25.4. The van der Waals surface area contributed by atoms with Crippen LogP contribution in [0.25, 0.3) is 0 Å². The van der Waals surface area contributed by atoms with Gasteiger partial charge in [0.25, 0.3) is 0 Å². The standard InChI is InChI=1S/C23H49O4P.C16H35P.2H2O.O.Ti/c1-8-10-12-14-16-18-20-28(21-19-17-15-13-11-9-2)23(26-6,27-7)22(3,24-4)25-5;1-3-5-7-9-11-13-15-17-16-14-12-10-8-6-4-2;;;;/h8-21H2,1-7H3;17H,3-16H2,1-2H3;2*1H2;;/q;;;;;+2/p-2. The molecular weight excluding hydrogens is 690 g/mol. The molecule has 10 heteroatoms. The molecule has 0 aromatic heterocycles. The molecule has 0 amide bonds. The van der Waals surface area contributed by atoms with Gasteiger partial charge in [-0.05, 0) is 65.2 Å². The van der Waals surface area contributed by atoms with E-state index in [1.165, 1.54) is 175 Å². The number of hydrogen-bond donors (Lipinski definition) is 2. The van der Waals surface area contributed by atoms with Gasteiger partial charge in [-0.15, -0.1) is 8.58 Å². The van der Waals surface area contributed by atoms with Crippen LogP contribution in [0.2, 0.25) is 0 Å². The summed E-state index contributed by atoms with van der Waals surface area (Å²) in [6, 6.07) is 0. The van der Waals surface area contributed by atoms with Crippen molar-refractivity contribution in [2.75, 3.05) is 53.1 Å². The number of hydrogen-bond acceptors (Lipinski definition) is 5. The van der Waals surface area contributed by atoms with Crippen LogP contribution >= 0.6 is 16.5 Å². The number of rotatable bonds is 34. The predicted molar refractivity (Wildman–Crippen MR) is 213 cm³/mol. The van der Waals surface area contributed by atoms with Gasteiger partial charge in [-0.25, -0.2) is 0 Å². The Morgan fingerprint density at radius 1 is 0.490 bits per heavy atom. The molecule has 0 aliphatic carbocycles.